The van der Waals surface area contributed by atoms with Gasteiger partial charge in [-0.05, 0) is 24.3 Å². The van der Waals surface area contributed by atoms with Crippen molar-refractivity contribution in [3.05, 3.63) is 60.2 Å². The minimum Gasteiger partial charge on any atom is -0.378 e. The lowest BCUT2D eigenvalue weighted by atomic mass is 10.1. The highest BCUT2D eigenvalue weighted by atomic mass is 16.5. The second-order valence-corrected chi connectivity index (χ2v) is 7.50. The number of anilines is 2. The molecule has 0 unspecified atom stereocenters. The fourth-order valence-electron chi connectivity index (χ4n) is 4.27. The summed E-state index contributed by atoms with van der Waals surface area (Å²) in [6, 6.07) is 18.4. The minimum atomic E-state index is -0.358. The van der Waals surface area contributed by atoms with E-state index in [1.807, 2.05) is 36.4 Å². The molecule has 1 atom stereocenters. The van der Waals surface area contributed by atoms with E-state index in [2.05, 4.69) is 33.0 Å². The molecule has 150 valence electrons. The molecular weight excluding hydrogens is 378 g/mol. The predicted octanol–water partition coefficient (Wildman–Crippen LogP) is 2.71. The molecule has 4 heterocycles. The van der Waals surface area contributed by atoms with Crippen LogP contribution in [0.15, 0.2) is 59.6 Å². The van der Waals surface area contributed by atoms with Crippen molar-refractivity contribution >= 4 is 39.7 Å². The zero-order valence-corrected chi connectivity index (χ0v) is 16.3. The lowest BCUT2D eigenvalue weighted by Crippen LogP contribution is -2.38. The van der Waals surface area contributed by atoms with E-state index in [-0.39, 0.29) is 6.17 Å². The number of fused-ring (bicyclic) bond motifs is 4. The molecule has 1 fully saturated rings. The number of nitrogens with zero attached hydrogens (tertiary/aromatic N) is 5. The number of nitrogens with two attached hydrogens (primary N) is 1. The summed E-state index contributed by atoms with van der Waals surface area (Å²) < 4.78 is 7.67. The van der Waals surface area contributed by atoms with Crippen molar-refractivity contribution < 1.29 is 4.74 Å². The molecule has 2 aromatic carbocycles. The summed E-state index contributed by atoms with van der Waals surface area (Å²) in [5, 5.41) is 4.18. The first-order valence-electron chi connectivity index (χ1n) is 10.1. The third-order valence-corrected chi connectivity index (χ3v) is 5.66. The standard InChI is InChI=1S/C22H21N7O/c23-21-26-20(29-18-8-4-3-7-17(18)25-22(29)27-21)15-13-14-5-1-2-6-16(14)24-19(15)28-9-11-30-12-10-28/h1-8,13,20H,9-12H2,(H3,23,25,26,27)/t20-/m0/s1. The predicted molar refractivity (Wildman–Crippen MR) is 118 cm³/mol. The summed E-state index contributed by atoms with van der Waals surface area (Å²) in [4.78, 5) is 16.8. The summed E-state index contributed by atoms with van der Waals surface area (Å²) in [6.07, 6.45) is -0.358. The number of aromatic nitrogens is 3. The molecule has 8 nitrogen and oxygen atoms in total. The number of pyridine rings is 1. The monoisotopic (exact) mass is 399 g/mol. The van der Waals surface area contributed by atoms with Gasteiger partial charge in [-0.2, -0.15) is 0 Å². The largest absolute Gasteiger partial charge is 0.378 e. The number of hydrogen-bond donors (Lipinski definition) is 2. The first-order valence-corrected chi connectivity index (χ1v) is 10.1. The van der Waals surface area contributed by atoms with Crippen molar-refractivity contribution in [3.63, 3.8) is 0 Å². The van der Waals surface area contributed by atoms with Crippen LogP contribution in [0.5, 0.6) is 0 Å². The van der Waals surface area contributed by atoms with Crippen LogP contribution < -0.4 is 16.0 Å². The van der Waals surface area contributed by atoms with E-state index in [1.54, 1.807) is 0 Å². The minimum absolute atomic E-state index is 0.351. The quantitative estimate of drug-likeness (QED) is 0.538. The van der Waals surface area contributed by atoms with E-state index in [0.29, 0.717) is 25.1 Å². The van der Waals surface area contributed by atoms with E-state index >= 15 is 0 Å². The van der Waals surface area contributed by atoms with Gasteiger partial charge in [0, 0.05) is 24.0 Å². The van der Waals surface area contributed by atoms with Crippen molar-refractivity contribution in [3.8, 4) is 0 Å². The Morgan fingerprint density at radius 1 is 0.967 bits per heavy atom. The molecule has 2 aliphatic heterocycles. The number of nitrogens with one attached hydrogen (secondary N) is 1. The number of aliphatic imine (C=N–C) groups is 1. The fraction of sp³-hybridized carbons (Fsp3) is 0.227. The Morgan fingerprint density at radius 3 is 2.60 bits per heavy atom. The van der Waals surface area contributed by atoms with Gasteiger partial charge in [0.15, 0.2) is 12.1 Å². The fourth-order valence-corrected chi connectivity index (χ4v) is 4.27. The molecule has 8 heteroatoms. The lowest BCUT2D eigenvalue weighted by Gasteiger charge is -2.32. The molecule has 0 amide bonds. The Morgan fingerprint density at radius 2 is 1.73 bits per heavy atom. The Hall–Kier alpha value is -3.65. The van der Waals surface area contributed by atoms with Crippen LogP contribution in [0.3, 0.4) is 0 Å². The maximum atomic E-state index is 6.17. The van der Waals surface area contributed by atoms with Gasteiger partial charge in [-0.3, -0.25) is 9.88 Å². The van der Waals surface area contributed by atoms with Crippen LogP contribution in [0.4, 0.5) is 11.8 Å². The summed E-state index contributed by atoms with van der Waals surface area (Å²) in [7, 11) is 0. The van der Waals surface area contributed by atoms with Crippen molar-refractivity contribution in [1.29, 1.82) is 0 Å². The van der Waals surface area contributed by atoms with Crippen LogP contribution >= 0.6 is 0 Å². The molecular formula is C22H21N7O. The van der Waals surface area contributed by atoms with E-state index in [0.717, 1.165) is 46.4 Å². The Bertz CT molecular complexity index is 1290. The van der Waals surface area contributed by atoms with E-state index in [4.69, 9.17) is 25.4 Å². The molecule has 6 rings (SSSR count). The molecule has 0 radical (unpaired) electrons. The number of morpholine rings is 1. The normalized spacial score (nSPS) is 18.9. The van der Waals surface area contributed by atoms with E-state index in [9.17, 15) is 0 Å². The number of imidazole rings is 1. The van der Waals surface area contributed by atoms with Crippen molar-refractivity contribution in [2.75, 3.05) is 36.5 Å². The third-order valence-electron chi connectivity index (χ3n) is 5.66. The molecule has 0 bridgehead atoms. The van der Waals surface area contributed by atoms with Gasteiger partial charge >= 0.3 is 0 Å². The van der Waals surface area contributed by atoms with E-state index < -0.39 is 0 Å². The molecule has 2 aromatic heterocycles. The topological polar surface area (TPSA) is 93.6 Å². The van der Waals surface area contributed by atoms with Crippen molar-refractivity contribution in [1.82, 2.24) is 14.5 Å². The Kier molecular flexibility index (Phi) is 3.85. The maximum Gasteiger partial charge on any atom is 0.212 e. The third kappa shape index (κ3) is 2.68. The molecule has 4 aromatic rings. The molecule has 0 saturated carbocycles. The van der Waals surface area contributed by atoms with Crippen LogP contribution in [-0.2, 0) is 4.74 Å². The second-order valence-electron chi connectivity index (χ2n) is 7.50. The van der Waals surface area contributed by atoms with Gasteiger partial charge in [-0.1, -0.05) is 30.3 Å². The van der Waals surface area contributed by atoms with Crippen LogP contribution in [0.25, 0.3) is 21.9 Å². The highest BCUT2D eigenvalue weighted by molar-refractivity contribution is 5.95. The second kappa shape index (κ2) is 6.70. The summed E-state index contributed by atoms with van der Waals surface area (Å²) in [6.45, 7) is 2.95. The molecule has 2 aliphatic rings. The average Bonchev–Trinajstić information content (AvgIpc) is 3.16. The van der Waals surface area contributed by atoms with Crippen LogP contribution in [0.1, 0.15) is 11.7 Å². The highest BCUT2D eigenvalue weighted by Crippen LogP contribution is 2.37. The Balaban J connectivity index is 1.61. The molecule has 0 spiro atoms. The number of para-hydroxylation sites is 3. The summed E-state index contributed by atoms with van der Waals surface area (Å²) in [5.74, 6) is 1.96. The zero-order valence-electron chi connectivity index (χ0n) is 16.3. The zero-order chi connectivity index (χ0) is 20.1. The molecule has 0 aliphatic carbocycles. The van der Waals surface area contributed by atoms with E-state index in [1.165, 1.54) is 0 Å². The van der Waals surface area contributed by atoms with Crippen molar-refractivity contribution in [2.24, 2.45) is 10.7 Å². The number of hydrogen-bond acceptors (Lipinski definition) is 7. The first kappa shape index (κ1) is 17.2. The number of guanidine groups is 1. The van der Waals surface area contributed by atoms with Gasteiger partial charge in [-0.15, -0.1) is 0 Å². The molecule has 30 heavy (non-hydrogen) atoms. The van der Waals surface area contributed by atoms with Gasteiger partial charge < -0.3 is 15.4 Å². The van der Waals surface area contributed by atoms with Gasteiger partial charge in [0.05, 0.1) is 29.8 Å². The summed E-state index contributed by atoms with van der Waals surface area (Å²) >= 11 is 0. The maximum absolute atomic E-state index is 6.17. The number of benzene rings is 2. The number of ether oxygens (including phenoxy) is 1. The van der Waals surface area contributed by atoms with Crippen molar-refractivity contribution in [2.45, 2.75) is 6.17 Å². The van der Waals surface area contributed by atoms with Gasteiger partial charge in [-0.25, -0.2) is 15.0 Å². The number of rotatable bonds is 2. The first-order chi connectivity index (χ1) is 14.8. The highest BCUT2D eigenvalue weighted by Gasteiger charge is 2.29. The SMILES string of the molecule is NC1=N[C@H](c2cc3ccccc3nc2N2CCOCC2)n2c(nc3ccccc32)N1. The van der Waals surface area contributed by atoms with Gasteiger partial charge in [0.2, 0.25) is 5.95 Å². The Labute approximate surface area is 173 Å². The smallest absolute Gasteiger partial charge is 0.212 e. The van der Waals surface area contributed by atoms with Crippen LogP contribution in [-0.4, -0.2) is 46.8 Å². The molecule has 1 saturated heterocycles. The average molecular weight is 399 g/mol. The molecule has 3 N–H and O–H groups in total. The lowest BCUT2D eigenvalue weighted by molar-refractivity contribution is 0.122. The van der Waals surface area contributed by atoms with Gasteiger partial charge in [0.1, 0.15) is 5.82 Å². The van der Waals surface area contributed by atoms with Gasteiger partial charge in [0.25, 0.3) is 0 Å². The van der Waals surface area contributed by atoms with Crippen LogP contribution in [0, 0.1) is 0 Å². The van der Waals surface area contributed by atoms with Crippen LogP contribution in [0.2, 0.25) is 0 Å². The summed E-state index contributed by atoms with van der Waals surface area (Å²) in [5.41, 5.74) is 10.0.